The monoisotopic (exact) mass is 270 g/mol. The molecule has 1 nitrogen and oxygen atoms in total. The van der Waals surface area contributed by atoms with E-state index in [9.17, 15) is 5.11 Å². The molecule has 0 heterocycles. The van der Waals surface area contributed by atoms with Crippen LogP contribution in [-0.4, -0.2) is 5.11 Å². The lowest BCUT2D eigenvalue weighted by Gasteiger charge is -2.13. The maximum Gasteiger partial charge on any atom is 0.0801 e. The van der Waals surface area contributed by atoms with Crippen molar-refractivity contribution < 1.29 is 5.11 Å². The second-order valence-electron chi connectivity index (χ2n) is 3.99. The molecule has 84 valence electrons. The van der Waals surface area contributed by atoms with E-state index < -0.39 is 0 Å². The van der Waals surface area contributed by atoms with Crippen LogP contribution in [0.3, 0.4) is 0 Å². The average Bonchev–Trinajstić information content (AvgIpc) is 2.22. The summed E-state index contributed by atoms with van der Waals surface area (Å²) in [5, 5.41) is 10.0. The quantitative estimate of drug-likeness (QED) is 0.788. The van der Waals surface area contributed by atoms with E-state index in [4.69, 9.17) is 0 Å². The van der Waals surface area contributed by atoms with Crippen LogP contribution in [0.4, 0.5) is 0 Å². The molecule has 2 heteroatoms. The fourth-order valence-electron chi connectivity index (χ4n) is 1.67. The zero-order valence-corrected chi connectivity index (χ0v) is 11.0. The lowest BCUT2D eigenvalue weighted by atomic mass is 10.0. The minimum atomic E-state index is -0.328. The van der Waals surface area contributed by atoms with Crippen molar-refractivity contribution in [3.63, 3.8) is 0 Å². The Kier molecular flexibility index (Phi) is 5.34. The first-order valence-electron chi connectivity index (χ1n) is 5.60. The molecule has 0 saturated carbocycles. The standard InChI is InChI=1S/C13H19BrO/c1-3-4-5-9-12(15)11-8-6-7-10(2)13(11)14/h6-8,12,15H,3-5,9H2,1-2H3. The number of benzene rings is 1. The SMILES string of the molecule is CCCCCC(O)c1cccc(C)c1Br. The first kappa shape index (κ1) is 12.7. The topological polar surface area (TPSA) is 20.2 Å². The third-order valence-corrected chi connectivity index (χ3v) is 3.75. The molecule has 1 atom stereocenters. The lowest BCUT2D eigenvalue weighted by molar-refractivity contribution is 0.163. The van der Waals surface area contributed by atoms with E-state index in [0.29, 0.717) is 0 Å². The summed E-state index contributed by atoms with van der Waals surface area (Å²) in [6.07, 6.45) is 4.02. The summed E-state index contributed by atoms with van der Waals surface area (Å²) in [5.74, 6) is 0. The highest BCUT2D eigenvalue weighted by molar-refractivity contribution is 9.10. The van der Waals surface area contributed by atoms with Crippen LogP contribution in [0.5, 0.6) is 0 Å². The Morgan fingerprint density at radius 2 is 2.07 bits per heavy atom. The Morgan fingerprint density at radius 3 is 2.73 bits per heavy atom. The highest BCUT2D eigenvalue weighted by Crippen LogP contribution is 2.29. The van der Waals surface area contributed by atoms with Gasteiger partial charge in [-0.2, -0.15) is 0 Å². The van der Waals surface area contributed by atoms with Crippen molar-refractivity contribution in [1.82, 2.24) is 0 Å². The fraction of sp³-hybridized carbons (Fsp3) is 0.538. The van der Waals surface area contributed by atoms with Crippen molar-refractivity contribution >= 4 is 15.9 Å². The van der Waals surface area contributed by atoms with Gasteiger partial charge in [0, 0.05) is 4.47 Å². The maximum atomic E-state index is 10.0. The molecule has 1 unspecified atom stereocenters. The average molecular weight is 271 g/mol. The number of hydrogen-bond donors (Lipinski definition) is 1. The van der Waals surface area contributed by atoms with Gasteiger partial charge in [-0.15, -0.1) is 0 Å². The van der Waals surface area contributed by atoms with Crippen LogP contribution < -0.4 is 0 Å². The van der Waals surface area contributed by atoms with E-state index in [1.165, 1.54) is 18.4 Å². The number of aryl methyl sites for hydroxylation is 1. The van der Waals surface area contributed by atoms with Gasteiger partial charge in [0.1, 0.15) is 0 Å². The van der Waals surface area contributed by atoms with Gasteiger partial charge in [0.15, 0.2) is 0 Å². The van der Waals surface area contributed by atoms with Crippen molar-refractivity contribution in [3.8, 4) is 0 Å². The van der Waals surface area contributed by atoms with Gasteiger partial charge < -0.3 is 5.11 Å². The van der Waals surface area contributed by atoms with Crippen molar-refractivity contribution in [2.45, 2.75) is 45.6 Å². The van der Waals surface area contributed by atoms with Crippen LogP contribution in [0.2, 0.25) is 0 Å². The third kappa shape index (κ3) is 3.62. The number of unbranched alkanes of at least 4 members (excludes halogenated alkanes) is 2. The summed E-state index contributed by atoms with van der Waals surface area (Å²) < 4.78 is 1.05. The summed E-state index contributed by atoms with van der Waals surface area (Å²) in [5.41, 5.74) is 2.20. The lowest BCUT2D eigenvalue weighted by Crippen LogP contribution is -1.99. The number of aliphatic hydroxyl groups excluding tert-OH is 1. The summed E-state index contributed by atoms with van der Waals surface area (Å²) in [6.45, 7) is 4.22. The van der Waals surface area contributed by atoms with Crippen molar-refractivity contribution in [2.75, 3.05) is 0 Å². The molecule has 0 bridgehead atoms. The number of halogens is 1. The van der Waals surface area contributed by atoms with E-state index in [-0.39, 0.29) is 6.10 Å². The van der Waals surface area contributed by atoms with Gasteiger partial charge in [0.05, 0.1) is 6.10 Å². The normalized spacial score (nSPS) is 12.8. The summed E-state index contributed by atoms with van der Waals surface area (Å²) in [6, 6.07) is 6.04. The molecule has 1 rings (SSSR count). The third-order valence-electron chi connectivity index (χ3n) is 2.66. The Bertz CT molecular complexity index is 309. The van der Waals surface area contributed by atoms with E-state index in [2.05, 4.69) is 22.9 Å². The Balaban J connectivity index is 2.65. The number of hydrogen-bond acceptors (Lipinski definition) is 1. The predicted molar refractivity (Wildman–Crippen MR) is 68.0 cm³/mol. The van der Waals surface area contributed by atoms with Crippen molar-refractivity contribution in [3.05, 3.63) is 33.8 Å². The molecule has 0 spiro atoms. The smallest absolute Gasteiger partial charge is 0.0801 e. The summed E-state index contributed by atoms with van der Waals surface area (Å²) in [7, 11) is 0. The maximum absolute atomic E-state index is 10.0. The highest BCUT2D eigenvalue weighted by Gasteiger charge is 2.11. The van der Waals surface area contributed by atoms with Gasteiger partial charge in [-0.3, -0.25) is 0 Å². The molecule has 1 aromatic rings. The largest absolute Gasteiger partial charge is 0.388 e. The predicted octanol–water partition coefficient (Wildman–Crippen LogP) is 4.37. The molecular formula is C13H19BrO. The molecular weight excluding hydrogens is 252 g/mol. The molecule has 0 saturated heterocycles. The van der Waals surface area contributed by atoms with Crippen LogP contribution >= 0.6 is 15.9 Å². The first-order valence-corrected chi connectivity index (χ1v) is 6.39. The van der Waals surface area contributed by atoms with Gasteiger partial charge in [0.25, 0.3) is 0 Å². The first-order chi connectivity index (χ1) is 7.16. The zero-order chi connectivity index (χ0) is 11.3. The zero-order valence-electron chi connectivity index (χ0n) is 9.46. The highest BCUT2D eigenvalue weighted by atomic mass is 79.9. The molecule has 1 N–H and O–H groups in total. The van der Waals surface area contributed by atoms with Gasteiger partial charge in [0.2, 0.25) is 0 Å². The van der Waals surface area contributed by atoms with Crippen molar-refractivity contribution in [2.24, 2.45) is 0 Å². The minimum Gasteiger partial charge on any atom is -0.388 e. The summed E-state index contributed by atoms with van der Waals surface area (Å²) >= 11 is 3.53. The molecule has 0 aromatic heterocycles. The number of rotatable bonds is 5. The molecule has 1 aromatic carbocycles. The molecule has 0 aliphatic carbocycles. The van der Waals surface area contributed by atoms with Crippen LogP contribution in [0.15, 0.2) is 22.7 Å². The van der Waals surface area contributed by atoms with Crippen LogP contribution in [-0.2, 0) is 0 Å². The van der Waals surface area contributed by atoms with Crippen LogP contribution in [0.1, 0.15) is 49.8 Å². The fourth-order valence-corrected chi connectivity index (χ4v) is 2.20. The van der Waals surface area contributed by atoms with Gasteiger partial charge >= 0.3 is 0 Å². The van der Waals surface area contributed by atoms with Crippen molar-refractivity contribution in [1.29, 1.82) is 0 Å². The second kappa shape index (κ2) is 6.29. The van der Waals surface area contributed by atoms with Crippen LogP contribution in [0, 0.1) is 6.92 Å². The molecule has 0 radical (unpaired) electrons. The van der Waals surface area contributed by atoms with Crippen LogP contribution in [0.25, 0.3) is 0 Å². The molecule has 0 amide bonds. The Morgan fingerprint density at radius 1 is 1.33 bits per heavy atom. The molecule has 15 heavy (non-hydrogen) atoms. The van der Waals surface area contributed by atoms with E-state index in [1.807, 2.05) is 25.1 Å². The van der Waals surface area contributed by atoms with E-state index in [1.54, 1.807) is 0 Å². The van der Waals surface area contributed by atoms with Gasteiger partial charge in [-0.05, 0) is 24.5 Å². The van der Waals surface area contributed by atoms with E-state index >= 15 is 0 Å². The molecule has 0 aliphatic rings. The van der Waals surface area contributed by atoms with E-state index in [0.717, 1.165) is 22.9 Å². The second-order valence-corrected chi connectivity index (χ2v) is 4.78. The minimum absolute atomic E-state index is 0.328. The van der Waals surface area contributed by atoms with Gasteiger partial charge in [-0.25, -0.2) is 0 Å². The Labute approximate surface area is 101 Å². The molecule has 0 fully saturated rings. The molecule has 0 aliphatic heterocycles. The number of aliphatic hydroxyl groups is 1. The van der Waals surface area contributed by atoms with Gasteiger partial charge in [-0.1, -0.05) is 60.3 Å². The summed E-state index contributed by atoms with van der Waals surface area (Å²) in [4.78, 5) is 0. The Hall–Kier alpha value is -0.340.